The maximum Gasteiger partial charge on any atom is 0.0360 e. The summed E-state index contributed by atoms with van der Waals surface area (Å²) < 4.78 is 0. The summed E-state index contributed by atoms with van der Waals surface area (Å²) in [5.74, 6) is 0. The van der Waals surface area contributed by atoms with Crippen LogP contribution in [-0.2, 0) is 0 Å². The standard InChI is InChI=1S/C10H17N/c1-6-7-10(11(4)5)8-9(2)3/h6-8H,2H2,1,3-5H3/b7-6?,10-8+. The van der Waals surface area contributed by atoms with Gasteiger partial charge in [-0.2, -0.15) is 0 Å². The predicted octanol–water partition coefficient (Wildman–Crippen LogP) is 2.58. The minimum Gasteiger partial charge on any atom is -0.378 e. The van der Waals surface area contributed by atoms with Gasteiger partial charge in [0, 0.05) is 19.8 Å². The predicted molar refractivity (Wildman–Crippen MR) is 51.4 cm³/mol. The quantitative estimate of drug-likeness (QED) is 0.560. The Morgan fingerprint density at radius 3 is 2.18 bits per heavy atom. The van der Waals surface area contributed by atoms with E-state index >= 15 is 0 Å². The minimum absolute atomic E-state index is 1.08. The lowest BCUT2D eigenvalue weighted by Gasteiger charge is -2.13. The Kier molecular flexibility index (Phi) is 4.35. The summed E-state index contributed by atoms with van der Waals surface area (Å²) in [4.78, 5) is 2.06. The zero-order chi connectivity index (χ0) is 8.85. The number of hydrogen-bond donors (Lipinski definition) is 0. The fraction of sp³-hybridized carbons (Fsp3) is 0.400. The molecule has 0 radical (unpaired) electrons. The summed E-state index contributed by atoms with van der Waals surface area (Å²) in [7, 11) is 4.05. The summed E-state index contributed by atoms with van der Waals surface area (Å²) in [6, 6.07) is 0. The van der Waals surface area contributed by atoms with Crippen molar-refractivity contribution in [2.24, 2.45) is 0 Å². The van der Waals surface area contributed by atoms with E-state index in [1.165, 1.54) is 5.70 Å². The maximum atomic E-state index is 3.82. The highest BCUT2D eigenvalue weighted by atomic mass is 15.1. The Hall–Kier alpha value is -0.980. The molecule has 0 rings (SSSR count). The molecule has 0 spiro atoms. The van der Waals surface area contributed by atoms with Gasteiger partial charge in [-0.15, -0.1) is 0 Å². The van der Waals surface area contributed by atoms with Crippen LogP contribution in [0.2, 0.25) is 0 Å². The third-order valence-corrected chi connectivity index (χ3v) is 1.25. The molecule has 0 aliphatic rings. The first kappa shape index (κ1) is 10.0. The molecule has 0 aliphatic heterocycles. The molecule has 0 aliphatic carbocycles. The van der Waals surface area contributed by atoms with Gasteiger partial charge < -0.3 is 4.90 Å². The zero-order valence-corrected chi connectivity index (χ0v) is 7.89. The van der Waals surface area contributed by atoms with E-state index in [2.05, 4.69) is 23.6 Å². The van der Waals surface area contributed by atoms with E-state index < -0.39 is 0 Å². The van der Waals surface area contributed by atoms with Gasteiger partial charge in [0.25, 0.3) is 0 Å². The maximum absolute atomic E-state index is 3.82. The van der Waals surface area contributed by atoms with Gasteiger partial charge in [0.1, 0.15) is 0 Å². The van der Waals surface area contributed by atoms with Crippen molar-refractivity contribution < 1.29 is 0 Å². The molecule has 0 aromatic heterocycles. The third kappa shape index (κ3) is 4.43. The highest BCUT2D eigenvalue weighted by molar-refractivity contribution is 5.25. The van der Waals surface area contributed by atoms with E-state index in [1.807, 2.05) is 34.0 Å². The second-order valence-electron chi connectivity index (χ2n) is 2.81. The van der Waals surface area contributed by atoms with E-state index in [0.717, 1.165) is 5.57 Å². The minimum atomic E-state index is 1.08. The Morgan fingerprint density at radius 2 is 1.91 bits per heavy atom. The SMILES string of the molecule is C=C(C)/C=C(\C=CC)N(C)C. The van der Waals surface area contributed by atoms with Crippen molar-refractivity contribution >= 4 is 0 Å². The smallest absolute Gasteiger partial charge is 0.0360 e. The van der Waals surface area contributed by atoms with Gasteiger partial charge in [-0.05, 0) is 26.0 Å². The van der Waals surface area contributed by atoms with Crippen LogP contribution in [0, 0.1) is 0 Å². The number of hydrogen-bond acceptors (Lipinski definition) is 1. The van der Waals surface area contributed by atoms with Crippen LogP contribution < -0.4 is 0 Å². The number of likely N-dealkylation sites (N-methyl/N-ethyl adjacent to an activating group) is 1. The van der Waals surface area contributed by atoms with Gasteiger partial charge in [0.15, 0.2) is 0 Å². The van der Waals surface area contributed by atoms with Crippen LogP contribution in [0.5, 0.6) is 0 Å². The van der Waals surface area contributed by atoms with Crippen molar-refractivity contribution in [3.63, 3.8) is 0 Å². The van der Waals surface area contributed by atoms with E-state index in [0.29, 0.717) is 0 Å². The lowest BCUT2D eigenvalue weighted by molar-refractivity contribution is 0.529. The molecular formula is C10H17N. The largest absolute Gasteiger partial charge is 0.378 e. The van der Waals surface area contributed by atoms with E-state index in [4.69, 9.17) is 0 Å². The fourth-order valence-corrected chi connectivity index (χ4v) is 0.749. The second kappa shape index (κ2) is 4.78. The van der Waals surface area contributed by atoms with Crippen LogP contribution in [0.15, 0.2) is 36.1 Å². The van der Waals surface area contributed by atoms with Crippen molar-refractivity contribution in [3.8, 4) is 0 Å². The Balaban J connectivity index is 4.46. The lowest BCUT2D eigenvalue weighted by atomic mass is 10.2. The average molecular weight is 151 g/mol. The summed E-state index contributed by atoms with van der Waals surface area (Å²) in [6.07, 6.45) is 6.14. The molecule has 0 atom stereocenters. The number of nitrogens with zero attached hydrogens (tertiary/aromatic N) is 1. The molecule has 11 heavy (non-hydrogen) atoms. The molecule has 0 heterocycles. The summed E-state index contributed by atoms with van der Waals surface area (Å²) in [5, 5.41) is 0. The topological polar surface area (TPSA) is 3.24 Å². The van der Waals surface area contributed by atoms with Gasteiger partial charge in [-0.3, -0.25) is 0 Å². The van der Waals surface area contributed by atoms with Crippen molar-refractivity contribution in [2.45, 2.75) is 13.8 Å². The molecule has 0 fully saturated rings. The zero-order valence-electron chi connectivity index (χ0n) is 7.89. The van der Waals surface area contributed by atoms with Gasteiger partial charge in [0.05, 0.1) is 0 Å². The van der Waals surface area contributed by atoms with E-state index in [1.54, 1.807) is 0 Å². The van der Waals surface area contributed by atoms with Crippen molar-refractivity contribution in [2.75, 3.05) is 14.1 Å². The Bertz CT molecular complexity index is 185. The van der Waals surface area contributed by atoms with Crippen LogP contribution in [0.25, 0.3) is 0 Å². The summed E-state index contributed by atoms with van der Waals surface area (Å²) in [6.45, 7) is 7.83. The molecule has 0 saturated carbocycles. The summed E-state index contributed by atoms with van der Waals surface area (Å²) >= 11 is 0. The van der Waals surface area contributed by atoms with Gasteiger partial charge >= 0.3 is 0 Å². The molecule has 1 heteroatoms. The molecule has 0 saturated heterocycles. The van der Waals surface area contributed by atoms with Crippen molar-refractivity contribution in [3.05, 3.63) is 36.1 Å². The first-order chi connectivity index (χ1) is 5.07. The van der Waals surface area contributed by atoms with Crippen LogP contribution in [0.4, 0.5) is 0 Å². The first-order valence-electron chi connectivity index (χ1n) is 3.75. The highest BCUT2D eigenvalue weighted by Gasteiger charge is 1.92. The summed E-state index contributed by atoms with van der Waals surface area (Å²) in [5.41, 5.74) is 2.26. The monoisotopic (exact) mass is 151 g/mol. The van der Waals surface area contributed by atoms with Gasteiger partial charge in [0.2, 0.25) is 0 Å². The van der Waals surface area contributed by atoms with Gasteiger partial charge in [-0.25, -0.2) is 0 Å². The Labute approximate surface area is 69.7 Å². The lowest BCUT2D eigenvalue weighted by Crippen LogP contribution is -2.08. The molecule has 0 N–H and O–H groups in total. The van der Waals surface area contributed by atoms with Crippen LogP contribution in [0.1, 0.15) is 13.8 Å². The number of rotatable bonds is 3. The highest BCUT2D eigenvalue weighted by Crippen LogP contribution is 2.04. The van der Waals surface area contributed by atoms with Gasteiger partial charge in [-0.1, -0.05) is 18.2 Å². The van der Waals surface area contributed by atoms with Crippen molar-refractivity contribution in [1.29, 1.82) is 0 Å². The van der Waals surface area contributed by atoms with Crippen LogP contribution >= 0.6 is 0 Å². The average Bonchev–Trinajstić information content (AvgIpc) is 1.86. The normalized spacial score (nSPS) is 12.2. The van der Waals surface area contributed by atoms with E-state index in [-0.39, 0.29) is 0 Å². The van der Waals surface area contributed by atoms with Crippen LogP contribution in [-0.4, -0.2) is 19.0 Å². The molecule has 0 amide bonds. The molecule has 0 aromatic rings. The Morgan fingerprint density at radius 1 is 1.36 bits per heavy atom. The third-order valence-electron chi connectivity index (χ3n) is 1.25. The molecule has 0 aromatic carbocycles. The second-order valence-corrected chi connectivity index (χ2v) is 2.81. The number of allylic oxidation sites excluding steroid dienone is 4. The van der Waals surface area contributed by atoms with E-state index in [9.17, 15) is 0 Å². The molecule has 1 nitrogen and oxygen atoms in total. The molecular weight excluding hydrogens is 134 g/mol. The molecule has 0 unspecified atom stereocenters. The fourth-order valence-electron chi connectivity index (χ4n) is 0.749. The van der Waals surface area contributed by atoms with Crippen LogP contribution in [0.3, 0.4) is 0 Å². The van der Waals surface area contributed by atoms with Crippen molar-refractivity contribution in [1.82, 2.24) is 4.90 Å². The molecule has 62 valence electrons. The molecule has 0 bridgehead atoms. The first-order valence-corrected chi connectivity index (χ1v) is 3.75.